The molecule has 0 heterocycles. The summed E-state index contributed by atoms with van der Waals surface area (Å²) in [5.74, 6) is -0.569. The minimum absolute atomic E-state index is 0.0291. The number of esters is 2. The van der Waals surface area contributed by atoms with Gasteiger partial charge >= 0.3 is 11.9 Å². The molecule has 0 aliphatic rings. The number of rotatable bonds is 51. The molecule has 5 nitrogen and oxygen atoms in total. The molecule has 0 aliphatic heterocycles. The van der Waals surface area contributed by atoms with Gasteiger partial charge in [0.05, 0.1) is 13.0 Å². The van der Waals surface area contributed by atoms with Gasteiger partial charge in [-0.2, -0.15) is 0 Å². The van der Waals surface area contributed by atoms with Crippen molar-refractivity contribution in [1.82, 2.24) is 0 Å². The van der Waals surface area contributed by atoms with E-state index in [9.17, 15) is 9.59 Å². The standard InChI is InChI=1S/C63H106O5/c1-4-7-10-13-16-19-22-25-28-30-31-32-34-37-40-43-46-49-52-55-58-66-59-61(68-63(65)57-54-51-48-45-42-39-35-27-24-21-18-15-12-9-6-3)60-67-62(64)56-53-50-47-44-41-38-36-33-29-26-23-20-17-14-11-8-5-2/h8-9,11-12,17-18,20-21,26-27,29,35-36,38,42,45,51,54,61H,4-7,10,13-16,19,22-25,28,30-34,37,39-41,43-44,46-50,52-53,55-60H2,1-3H3/b11-8-,12-9-,20-17-,21-18-,29-26-,35-27-,38-36-,45-42-,54-51-. The fourth-order valence-corrected chi connectivity index (χ4v) is 7.70. The van der Waals surface area contributed by atoms with E-state index < -0.39 is 6.10 Å². The number of carbonyl (C=O) groups excluding carboxylic acids is 2. The maximum Gasteiger partial charge on any atom is 0.310 e. The third-order valence-corrected chi connectivity index (χ3v) is 11.8. The maximum atomic E-state index is 12.8. The number of carbonyl (C=O) groups is 2. The van der Waals surface area contributed by atoms with Crippen molar-refractivity contribution in [2.75, 3.05) is 19.8 Å². The minimum atomic E-state index is -0.606. The number of hydrogen-bond acceptors (Lipinski definition) is 5. The Kier molecular flexibility index (Phi) is 54.9. The largest absolute Gasteiger partial charge is 0.462 e. The first-order valence-electron chi connectivity index (χ1n) is 28.4. The van der Waals surface area contributed by atoms with Crippen molar-refractivity contribution < 1.29 is 23.8 Å². The van der Waals surface area contributed by atoms with Crippen LogP contribution in [0, 0.1) is 0 Å². The third kappa shape index (κ3) is 55.2. The van der Waals surface area contributed by atoms with Crippen LogP contribution >= 0.6 is 0 Å². The Morgan fingerprint density at radius 2 is 0.706 bits per heavy atom. The summed E-state index contributed by atoms with van der Waals surface area (Å²) in [4.78, 5) is 25.4. The van der Waals surface area contributed by atoms with Gasteiger partial charge in [0.15, 0.2) is 6.10 Å². The van der Waals surface area contributed by atoms with E-state index in [2.05, 4.69) is 118 Å². The smallest absolute Gasteiger partial charge is 0.310 e. The van der Waals surface area contributed by atoms with Crippen molar-refractivity contribution in [2.45, 2.75) is 258 Å². The molecule has 0 amide bonds. The molecular formula is C63H106O5. The highest BCUT2D eigenvalue weighted by Gasteiger charge is 2.17. The van der Waals surface area contributed by atoms with Gasteiger partial charge in [-0.25, -0.2) is 0 Å². The van der Waals surface area contributed by atoms with Gasteiger partial charge in [0, 0.05) is 13.0 Å². The van der Waals surface area contributed by atoms with Gasteiger partial charge in [-0.05, 0) is 83.5 Å². The molecule has 0 radical (unpaired) electrons. The number of unbranched alkanes of at least 4 members (excludes halogenated alkanes) is 23. The summed E-state index contributed by atoms with van der Waals surface area (Å²) >= 11 is 0. The zero-order valence-electron chi connectivity index (χ0n) is 44.6. The van der Waals surface area contributed by atoms with Crippen LogP contribution in [0.15, 0.2) is 109 Å². The minimum Gasteiger partial charge on any atom is -0.462 e. The molecule has 0 spiro atoms. The zero-order valence-corrected chi connectivity index (χ0v) is 44.6. The first kappa shape index (κ1) is 64.6. The predicted molar refractivity (Wildman–Crippen MR) is 297 cm³/mol. The average Bonchev–Trinajstić information content (AvgIpc) is 3.34. The second-order valence-electron chi connectivity index (χ2n) is 18.5. The molecule has 1 unspecified atom stereocenters. The Balaban J connectivity index is 4.39. The van der Waals surface area contributed by atoms with Crippen LogP contribution in [0.4, 0.5) is 0 Å². The van der Waals surface area contributed by atoms with Crippen molar-refractivity contribution in [2.24, 2.45) is 0 Å². The molecule has 1 atom stereocenters. The SMILES string of the molecule is CC/C=C\C/C=C\C/C=C\C/C=C\C/C=C\CC(=O)OC(COCCCCCCCCCCCCCCCCCCCCCC)COC(=O)CCCCCC/C=C\C/C=C\C/C=C\C/C=C\CC. The molecule has 5 heteroatoms. The summed E-state index contributed by atoms with van der Waals surface area (Å²) < 4.78 is 17.3. The van der Waals surface area contributed by atoms with Gasteiger partial charge in [-0.3, -0.25) is 9.59 Å². The van der Waals surface area contributed by atoms with Crippen LogP contribution in [-0.4, -0.2) is 37.9 Å². The van der Waals surface area contributed by atoms with Gasteiger partial charge in [-0.15, -0.1) is 0 Å². The van der Waals surface area contributed by atoms with Crippen molar-refractivity contribution in [3.63, 3.8) is 0 Å². The Morgan fingerprint density at radius 1 is 0.353 bits per heavy atom. The van der Waals surface area contributed by atoms with Gasteiger partial charge in [-0.1, -0.05) is 265 Å². The Morgan fingerprint density at radius 3 is 1.13 bits per heavy atom. The van der Waals surface area contributed by atoms with Crippen molar-refractivity contribution in [3.05, 3.63) is 109 Å². The van der Waals surface area contributed by atoms with E-state index in [0.29, 0.717) is 13.0 Å². The molecule has 68 heavy (non-hydrogen) atoms. The van der Waals surface area contributed by atoms with Crippen LogP contribution in [0.25, 0.3) is 0 Å². The Hall–Kier alpha value is -3.44. The summed E-state index contributed by atoms with van der Waals surface area (Å²) in [5.41, 5.74) is 0. The first-order chi connectivity index (χ1) is 33.6. The summed E-state index contributed by atoms with van der Waals surface area (Å²) in [5, 5.41) is 0. The fourth-order valence-electron chi connectivity index (χ4n) is 7.70. The topological polar surface area (TPSA) is 61.8 Å². The van der Waals surface area contributed by atoms with E-state index in [0.717, 1.165) is 103 Å². The second-order valence-corrected chi connectivity index (χ2v) is 18.5. The van der Waals surface area contributed by atoms with Gasteiger partial charge in [0.2, 0.25) is 0 Å². The summed E-state index contributed by atoms with van der Waals surface area (Å²) in [7, 11) is 0. The van der Waals surface area contributed by atoms with E-state index in [1.807, 2.05) is 12.2 Å². The summed E-state index contributed by atoms with van der Waals surface area (Å²) in [6.45, 7) is 7.49. The lowest BCUT2D eigenvalue weighted by Gasteiger charge is -2.18. The van der Waals surface area contributed by atoms with Gasteiger partial charge in [0.25, 0.3) is 0 Å². The van der Waals surface area contributed by atoms with E-state index in [-0.39, 0.29) is 31.6 Å². The highest BCUT2D eigenvalue weighted by molar-refractivity contribution is 5.71. The van der Waals surface area contributed by atoms with E-state index in [4.69, 9.17) is 14.2 Å². The molecule has 0 fully saturated rings. The van der Waals surface area contributed by atoms with Crippen molar-refractivity contribution >= 4 is 11.9 Å². The normalized spacial score (nSPS) is 13.0. The monoisotopic (exact) mass is 943 g/mol. The van der Waals surface area contributed by atoms with Crippen LogP contribution < -0.4 is 0 Å². The van der Waals surface area contributed by atoms with Crippen LogP contribution in [0.5, 0.6) is 0 Å². The third-order valence-electron chi connectivity index (χ3n) is 11.8. The molecule has 0 aliphatic carbocycles. The molecule has 388 valence electrons. The molecule has 0 saturated carbocycles. The lowest BCUT2D eigenvalue weighted by Crippen LogP contribution is -2.29. The molecular weight excluding hydrogens is 837 g/mol. The molecule has 0 aromatic carbocycles. The highest BCUT2D eigenvalue weighted by atomic mass is 16.6. The van der Waals surface area contributed by atoms with E-state index in [1.165, 1.54) is 116 Å². The maximum absolute atomic E-state index is 12.8. The second kappa shape index (κ2) is 57.9. The number of hydrogen-bond donors (Lipinski definition) is 0. The molecule has 0 bridgehead atoms. The van der Waals surface area contributed by atoms with Crippen LogP contribution in [0.3, 0.4) is 0 Å². The molecule has 0 rings (SSSR count). The Bertz CT molecular complexity index is 1340. The number of allylic oxidation sites excluding steroid dienone is 17. The van der Waals surface area contributed by atoms with Crippen LogP contribution in [0.1, 0.15) is 252 Å². The summed E-state index contributed by atoms with van der Waals surface area (Å²) in [6, 6.07) is 0. The molecule has 0 saturated heterocycles. The quantitative estimate of drug-likeness (QED) is 0.0345. The zero-order chi connectivity index (χ0) is 49.2. The number of ether oxygens (including phenoxy) is 3. The van der Waals surface area contributed by atoms with Gasteiger partial charge in [0.1, 0.15) is 6.61 Å². The Labute approximate surface area is 421 Å². The fraction of sp³-hybridized carbons (Fsp3) is 0.683. The lowest BCUT2D eigenvalue weighted by atomic mass is 10.0. The molecule has 0 aromatic rings. The lowest BCUT2D eigenvalue weighted by molar-refractivity contribution is -0.162. The predicted octanol–water partition coefficient (Wildman–Crippen LogP) is 19.6. The van der Waals surface area contributed by atoms with Crippen molar-refractivity contribution in [1.29, 1.82) is 0 Å². The molecule has 0 aromatic heterocycles. The first-order valence-corrected chi connectivity index (χ1v) is 28.4. The van der Waals surface area contributed by atoms with E-state index >= 15 is 0 Å². The van der Waals surface area contributed by atoms with E-state index in [1.54, 1.807) is 0 Å². The highest BCUT2D eigenvalue weighted by Crippen LogP contribution is 2.15. The van der Waals surface area contributed by atoms with Crippen LogP contribution in [-0.2, 0) is 23.8 Å². The summed E-state index contributed by atoms with van der Waals surface area (Å²) in [6.07, 6.45) is 80.0. The van der Waals surface area contributed by atoms with Crippen LogP contribution in [0.2, 0.25) is 0 Å². The molecule has 0 N–H and O–H groups in total. The van der Waals surface area contributed by atoms with Crippen molar-refractivity contribution in [3.8, 4) is 0 Å². The average molecular weight is 944 g/mol. The van der Waals surface area contributed by atoms with Gasteiger partial charge < -0.3 is 14.2 Å².